The number of benzene rings is 1. The second-order valence-electron chi connectivity index (χ2n) is 9.14. The molecule has 0 saturated heterocycles. The van der Waals surface area contributed by atoms with Gasteiger partial charge in [0.25, 0.3) is 0 Å². The summed E-state index contributed by atoms with van der Waals surface area (Å²) in [7, 11) is 0. The maximum atomic E-state index is 4.90. The maximum absolute atomic E-state index is 4.90. The van der Waals surface area contributed by atoms with Crippen LogP contribution in [0.25, 0.3) is 5.57 Å². The molecule has 0 unspecified atom stereocenters. The smallest absolute Gasteiger partial charge is 0.0587 e. The average Bonchev–Trinajstić information content (AvgIpc) is 3.29. The number of aryl methyl sites for hydroxylation is 2. The predicted octanol–water partition coefficient (Wildman–Crippen LogP) is 8.72. The van der Waals surface area contributed by atoms with Gasteiger partial charge in [0.2, 0.25) is 0 Å². The summed E-state index contributed by atoms with van der Waals surface area (Å²) >= 11 is 0. The molecule has 0 radical (unpaired) electrons. The van der Waals surface area contributed by atoms with Crippen LogP contribution in [0.4, 0.5) is 0 Å². The summed E-state index contributed by atoms with van der Waals surface area (Å²) in [6.07, 6.45) is 17.5. The molecule has 0 heterocycles. The zero-order valence-electron chi connectivity index (χ0n) is 20.2. The highest BCUT2D eigenvalue weighted by Crippen LogP contribution is 2.36. The fourth-order valence-corrected chi connectivity index (χ4v) is 4.85. The second kappa shape index (κ2) is 10.8. The SMILES string of the molecule is C=C(C1=CC(C)=C(c2ccc(C)cc2CC)CC1)C(C)=NC(=C\C)/C=C/C1CCCC1. The Morgan fingerprint density at radius 1 is 1.16 bits per heavy atom. The van der Waals surface area contributed by atoms with E-state index in [9.17, 15) is 0 Å². The normalized spacial score (nSPS) is 18.8. The first kappa shape index (κ1) is 23.3. The van der Waals surface area contributed by atoms with E-state index in [1.54, 1.807) is 0 Å². The van der Waals surface area contributed by atoms with Gasteiger partial charge in [-0.1, -0.05) is 68.3 Å². The van der Waals surface area contributed by atoms with Gasteiger partial charge < -0.3 is 0 Å². The first-order chi connectivity index (χ1) is 14.9. The molecule has 0 spiro atoms. The van der Waals surface area contributed by atoms with Crippen molar-refractivity contribution in [2.45, 2.75) is 79.6 Å². The minimum absolute atomic E-state index is 0.732. The lowest BCUT2D eigenvalue weighted by Crippen LogP contribution is -2.06. The first-order valence-electron chi connectivity index (χ1n) is 12.0. The van der Waals surface area contributed by atoms with Crippen molar-refractivity contribution >= 4 is 11.3 Å². The summed E-state index contributed by atoms with van der Waals surface area (Å²) in [6, 6.07) is 6.88. The molecule has 31 heavy (non-hydrogen) atoms. The molecular formula is C30H39N. The fourth-order valence-electron chi connectivity index (χ4n) is 4.85. The number of hydrogen-bond donors (Lipinski definition) is 0. The molecule has 1 aromatic carbocycles. The molecule has 2 aliphatic rings. The predicted molar refractivity (Wildman–Crippen MR) is 138 cm³/mol. The highest BCUT2D eigenvalue weighted by molar-refractivity contribution is 6.02. The van der Waals surface area contributed by atoms with Crippen LogP contribution in [0.3, 0.4) is 0 Å². The van der Waals surface area contributed by atoms with Gasteiger partial charge in [-0.05, 0) is 105 Å². The standard InChI is InChI=1S/C30H39N/c1-7-26-19-21(3)13-17-30(26)29-18-15-27(20-22(29)4)23(5)24(6)31-28(8-2)16-14-25-11-9-10-12-25/h8,13-14,16-17,19-20,25H,5,7,9-12,15,18H2,1-4,6H3/b16-14+,28-8-,31-24?. The molecule has 164 valence electrons. The minimum atomic E-state index is 0.732. The third-order valence-electron chi connectivity index (χ3n) is 6.83. The molecule has 0 aliphatic heterocycles. The van der Waals surface area contributed by atoms with Crippen LogP contribution in [0.5, 0.6) is 0 Å². The summed E-state index contributed by atoms with van der Waals surface area (Å²) < 4.78 is 0. The number of aliphatic imine (C=N–C) groups is 1. The Hall–Kier alpha value is -2.41. The van der Waals surface area contributed by atoms with Crippen LogP contribution in [-0.2, 0) is 6.42 Å². The Morgan fingerprint density at radius 3 is 2.55 bits per heavy atom. The van der Waals surface area contributed by atoms with Crippen molar-refractivity contribution in [1.29, 1.82) is 0 Å². The van der Waals surface area contributed by atoms with Gasteiger partial charge in [-0.15, -0.1) is 0 Å². The van der Waals surface area contributed by atoms with Crippen LogP contribution >= 0.6 is 0 Å². The lowest BCUT2D eigenvalue weighted by atomic mass is 9.83. The molecule has 1 aromatic rings. The minimum Gasteiger partial charge on any atom is -0.254 e. The van der Waals surface area contributed by atoms with E-state index in [1.165, 1.54) is 59.1 Å². The van der Waals surface area contributed by atoms with Crippen molar-refractivity contribution in [2.24, 2.45) is 10.9 Å². The largest absolute Gasteiger partial charge is 0.254 e. The van der Waals surface area contributed by atoms with Gasteiger partial charge in [0.05, 0.1) is 5.70 Å². The van der Waals surface area contributed by atoms with Crippen molar-refractivity contribution in [1.82, 2.24) is 0 Å². The second-order valence-corrected chi connectivity index (χ2v) is 9.14. The van der Waals surface area contributed by atoms with Gasteiger partial charge in [-0.25, -0.2) is 0 Å². The molecule has 0 aromatic heterocycles. The number of nitrogens with zero attached hydrogens (tertiary/aromatic N) is 1. The van der Waals surface area contributed by atoms with Crippen LogP contribution < -0.4 is 0 Å². The highest BCUT2D eigenvalue weighted by Gasteiger charge is 2.17. The van der Waals surface area contributed by atoms with E-state index in [2.05, 4.69) is 83.7 Å². The first-order valence-corrected chi connectivity index (χ1v) is 12.0. The van der Waals surface area contributed by atoms with Crippen molar-refractivity contribution in [3.05, 3.63) is 88.2 Å². The van der Waals surface area contributed by atoms with E-state index >= 15 is 0 Å². The van der Waals surface area contributed by atoms with Crippen molar-refractivity contribution in [3.63, 3.8) is 0 Å². The molecule has 1 heteroatoms. The Kier molecular flexibility index (Phi) is 8.07. The highest BCUT2D eigenvalue weighted by atomic mass is 14.7. The van der Waals surface area contributed by atoms with Crippen LogP contribution in [0.15, 0.2) is 76.5 Å². The molecular weight excluding hydrogens is 374 g/mol. The van der Waals surface area contributed by atoms with Crippen molar-refractivity contribution in [3.8, 4) is 0 Å². The lowest BCUT2D eigenvalue weighted by Gasteiger charge is -2.22. The number of hydrogen-bond acceptors (Lipinski definition) is 1. The summed E-state index contributed by atoms with van der Waals surface area (Å²) in [6.45, 7) is 15.2. The average molecular weight is 414 g/mol. The molecule has 1 nitrogen and oxygen atoms in total. The van der Waals surface area contributed by atoms with Crippen LogP contribution in [0.2, 0.25) is 0 Å². The molecule has 1 fully saturated rings. The van der Waals surface area contributed by atoms with E-state index in [1.807, 2.05) is 0 Å². The zero-order valence-corrected chi connectivity index (χ0v) is 20.2. The Bertz CT molecular complexity index is 972. The Morgan fingerprint density at radius 2 is 1.90 bits per heavy atom. The van der Waals surface area contributed by atoms with Gasteiger partial charge in [-0.2, -0.15) is 0 Å². The van der Waals surface area contributed by atoms with Gasteiger partial charge in [0, 0.05) is 5.71 Å². The molecule has 0 bridgehead atoms. The number of allylic oxidation sites excluding steroid dienone is 8. The Balaban J connectivity index is 1.79. The van der Waals surface area contributed by atoms with Crippen LogP contribution in [0, 0.1) is 12.8 Å². The van der Waals surface area contributed by atoms with E-state index in [4.69, 9.17) is 4.99 Å². The maximum Gasteiger partial charge on any atom is 0.0587 e. The monoisotopic (exact) mass is 413 g/mol. The van der Waals surface area contributed by atoms with E-state index in [-0.39, 0.29) is 0 Å². The molecule has 0 atom stereocenters. The summed E-state index contributed by atoms with van der Waals surface area (Å²) in [5.41, 5.74) is 11.5. The molecule has 0 N–H and O–H groups in total. The van der Waals surface area contributed by atoms with Crippen LogP contribution in [-0.4, -0.2) is 5.71 Å². The number of rotatable bonds is 7. The molecule has 3 rings (SSSR count). The molecule has 1 saturated carbocycles. The third-order valence-corrected chi connectivity index (χ3v) is 6.83. The molecule has 2 aliphatic carbocycles. The summed E-state index contributed by atoms with van der Waals surface area (Å²) in [5, 5.41) is 0. The van der Waals surface area contributed by atoms with E-state index in [0.717, 1.165) is 42.2 Å². The Labute approximate surface area is 190 Å². The van der Waals surface area contributed by atoms with Crippen LogP contribution in [0.1, 0.15) is 82.9 Å². The van der Waals surface area contributed by atoms with Gasteiger partial charge in [-0.3, -0.25) is 4.99 Å². The van der Waals surface area contributed by atoms with Gasteiger partial charge in [0.1, 0.15) is 0 Å². The van der Waals surface area contributed by atoms with Crippen molar-refractivity contribution < 1.29 is 0 Å². The van der Waals surface area contributed by atoms with E-state index < -0.39 is 0 Å². The van der Waals surface area contributed by atoms with Gasteiger partial charge in [0.15, 0.2) is 0 Å². The van der Waals surface area contributed by atoms with E-state index in [0.29, 0.717) is 0 Å². The quantitative estimate of drug-likeness (QED) is 0.313. The fraction of sp³-hybridized carbons (Fsp3) is 0.433. The van der Waals surface area contributed by atoms with Crippen molar-refractivity contribution in [2.75, 3.05) is 0 Å². The third kappa shape index (κ3) is 5.85. The van der Waals surface area contributed by atoms with Gasteiger partial charge >= 0.3 is 0 Å². The lowest BCUT2D eigenvalue weighted by molar-refractivity contribution is 0.685. The summed E-state index contributed by atoms with van der Waals surface area (Å²) in [5.74, 6) is 0.732. The summed E-state index contributed by atoms with van der Waals surface area (Å²) in [4.78, 5) is 4.90. The topological polar surface area (TPSA) is 12.4 Å². The zero-order chi connectivity index (χ0) is 22.4. The molecule has 0 amide bonds.